The number of ether oxygens (including phenoxy) is 1. The summed E-state index contributed by atoms with van der Waals surface area (Å²) in [6.45, 7) is 1.28. The van der Waals surface area contributed by atoms with Crippen LogP contribution in [-0.2, 0) is 9.53 Å². The minimum absolute atomic E-state index is 0.0576. The average Bonchev–Trinajstić information content (AvgIpc) is 3.00. The number of hydrogen-bond donors (Lipinski definition) is 0. The highest BCUT2D eigenvalue weighted by molar-refractivity contribution is 6.33. The van der Waals surface area contributed by atoms with Crippen molar-refractivity contribution in [2.75, 3.05) is 13.7 Å². The molecule has 1 heterocycles. The molecule has 0 aliphatic heterocycles. The van der Waals surface area contributed by atoms with Crippen molar-refractivity contribution in [1.82, 2.24) is 14.7 Å². The molecule has 0 unspecified atom stereocenters. The summed E-state index contributed by atoms with van der Waals surface area (Å²) in [5.74, 6) is -1.33. The van der Waals surface area contributed by atoms with Crippen LogP contribution < -0.4 is 0 Å². The lowest BCUT2D eigenvalue weighted by Gasteiger charge is -2.31. The molecule has 1 aliphatic carbocycles. The molecule has 8 heteroatoms. The van der Waals surface area contributed by atoms with Gasteiger partial charge in [-0.15, -0.1) is 0 Å². The summed E-state index contributed by atoms with van der Waals surface area (Å²) in [7, 11) is 1.75. The fraction of sp³-hybridized carbons (Fsp3) is 0.450. The number of aromatic nitrogens is 2. The second-order valence-electron chi connectivity index (χ2n) is 7.01. The monoisotopic (exact) mass is 407 g/mol. The first-order valence-corrected chi connectivity index (χ1v) is 9.70. The van der Waals surface area contributed by atoms with Crippen LogP contribution in [-0.4, -0.2) is 46.3 Å². The number of likely N-dealkylation sites (N-methyl/N-ethyl adjacent to an activating group) is 1. The molecular formula is C20H23ClFN3O3. The topological polar surface area (TPSA) is 64.4 Å². The van der Waals surface area contributed by atoms with Crippen LogP contribution in [0.5, 0.6) is 0 Å². The molecule has 0 bridgehead atoms. The molecular weight excluding hydrogens is 385 g/mol. The first kappa shape index (κ1) is 20.3. The van der Waals surface area contributed by atoms with E-state index in [1.165, 1.54) is 35.4 Å². The Morgan fingerprint density at radius 3 is 2.54 bits per heavy atom. The van der Waals surface area contributed by atoms with Crippen molar-refractivity contribution in [3.8, 4) is 5.69 Å². The minimum atomic E-state index is -0.707. The van der Waals surface area contributed by atoms with Crippen LogP contribution in [0, 0.1) is 12.7 Å². The Balaban J connectivity index is 1.67. The number of nitrogens with zero attached hydrogens (tertiary/aromatic N) is 3. The Morgan fingerprint density at radius 1 is 1.25 bits per heavy atom. The van der Waals surface area contributed by atoms with E-state index in [1.807, 2.05) is 0 Å². The molecule has 0 radical (unpaired) electrons. The molecule has 1 saturated carbocycles. The first-order chi connectivity index (χ1) is 13.4. The van der Waals surface area contributed by atoms with Gasteiger partial charge in [0.05, 0.1) is 11.4 Å². The molecule has 0 spiro atoms. The molecule has 150 valence electrons. The zero-order valence-electron chi connectivity index (χ0n) is 16.0. The van der Waals surface area contributed by atoms with Crippen molar-refractivity contribution in [3.63, 3.8) is 0 Å². The van der Waals surface area contributed by atoms with Gasteiger partial charge in [-0.2, -0.15) is 5.10 Å². The Kier molecular flexibility index (Phi) is 6.34. The van der Waals surface area contributed by atoms with E-state index in [4.69, 9.17) is 16.3 Å². The molecule has 0 N–H and O–H groups in total. The summed E-state index contributed by atoms with van der Waals surface area (Å²) in [6, 6.07) is 5.77. The van der Waals surface area contributed by atoms with Crippen LogP contribution in [0.3, 0.4) is 0 Å². The van der Waals surface area contributed by atoms with Gasteiger partial charge in [-0.3, -0.25) is 4.79 Å². The van der Waals surface area contributed by atoms with Gasteiger partial charge in [0.1, 0.15) is 16.5 Å². The summed E-state index contributed by atoms with van der Waals surface area (Å²) >= 11 is 6.31. The van der Waals surface area contributed by atoms with Gasteiger partial charge in [-0.1, -0.05) is 30.9 Å². The van der Waals surface area contributed by atoms with Gasteiger partial charge in [-0.25, -0.2) is 13.9 Å². The lowest BCUT2D eigenvalue weighted by atomic mass is 9.94. The van der Waals surface area contributed by atoms with Crippen LogP contribution >= 0.6 is 11.6 Å². The van der Waals surface area contributed by atoms with E-state index in [0.29, 0.717) is 11.4 Å². The fourth-order valence-electron chi connectivity index (χ4n) is 3.46. The normalized spacial score (nSPS) is 14.7. The van der Waals surface area contributed by atoms with Crippen LogP contribution in [0.2, 0.25) is 5.15 Å². The highest BCUT2D eigenvalue weighted by atomic mass is 35.5. The van der Waals surface area contributed by atoms with Gasteiger partial charge in [0.2, 0.25) is 0 Å². The van der Waals surface area contributed by atoms with Crippen molar-refractivity contribution in [2.45, 2.75) is 45.1 Å². The summed E-state index contributed by atoms with van der Waals surface area (Å²) in [5.41, 5.74) is 0.980. The van der Waals surface area contributed by atoms with Gasteiger partial charge in [-0.05, 0) is 44.0 Å². The van der Waals surface area contributed by atoms with Crippen molar-refractivity contribution in [2.24, 2.45) is 0 Å². The molecule has 1 fully saturated rings. The van der Waals surface area contributed by atoms with E-state index in [9.17, 15) is 14.0 Å². The number of benzene rings is 1. The minimum Gasteiger partial charge on any atom is -0.452 e. The van der Waals surface area contributed by atoms with Crippen LogP contribution in [0.15, 0.2) is 24.3 Å². The second-order valence-corrected chi connectivity index (χ2v) is 7.37. The molecule has 1 aromatic carbocycles. The van der Waals surface area contributed by atoms with E-state index < -0.39 is 5.97 Å². The number of carbonyl (C=O) groups is 2. The van der Waals surface area contributed by atoms with Gasteiger partial charge < -0.3 is 9.64 Å². The van der Waals surface area contributed by atoms with Crippen molar-refractivity contribution >= 4 is 23.5 Å². The maximum Gasteiger partial charge on any atom is 0.343 e. The number of halogens is 2. The molecule has 0 atom stereocenters. The molecule has 1 aliphatic rings. The third kappa shape index (κ3) is 4.35. The largest absolute Gasteiger partial charge is 0.452 e. The number of carbonyl (C=O) groups excluding carboxylic acids is 2. The Bertz CT molecular complexity index is 860. The van der Waals surface area contributed by atoms with E-state index in [-0.39, 0.29) is 35.1 Å². The molecule has 2 aromatic rings. The number of rotatable bonds is 5. The van der Waals surface area contributed by atoms with Crippen LogP contribution in [0.25, 0.3) is 5.69 Å². The number of hydrogen-bond acceptors (Lipinski definition) is 4. The quantitative estimate of drug-likeness (QED) is 0.704. The molecule has 1 aromatic heterocycles. The standard InChI is InChI=1S/C20H23ClFN3O3/c1-13-18(19(21)25(23-13)16-10-8-14(22)9-11-16)20(27)28-12-17(26)24(2)15-6-4-3-5-7-15/h8-11,15H,3-7,12H2,1-2H3. The molecule has 6 nitrogen and oxygen atoms in total. The zero-order valence-corrected chi connectivity index (χ0v) is 16.7. The average molecular weight is 408 g/mol. The van der Waals surface area contributed by atoms with Crippen LogP contribution in [0.1, 0.15) is 48.2 Å². The van der Waals surface area contributed by atoms with E-state index in [0.717, 1.165) is 25.7 Å². The smallest absolute Gasteiger partial charge is 0.343 e. The lowest BCUT2D eigenvalue weighted by Crippen LogP contribution is -2.40. The fourth-order valence-corrected chi connectivity index (χ4v) is 3.81. The maximum absolute atomic E-state index is 13.1. The summed E-state index contributed by atoms with van der Waals surface area (Å²) in [6.07, 6.45) is 5.37. The molecule has 0 saturated heterocycles. The van der Waals surface area contributed by atoms with E-state index in [1.54, 1.807) is 18.9 Å². The van der Waals surface area contributed by atoms with Crippen molar-refractivity contribution in [1.29, 1.82) is 0 Å². The predicted molar refractivity (Wildman–Crippen MR) is 103 cm³/mol. The lowest BCUT2D eigenvalue weighted by molar-refractivity contribution is -0.135. The summed E-state index contributed by atoms with van der Waals surface area (Å²) in [5, 5.41) is 4.29. The van der Waals surface area contributed by atoms with Crippen molar-refractivity contribution in [3.05, 3.63) is 46.5 Å². The number of amides is 1. The molecule has 28 heavy (non-hydrogen) atoms. The van der Waals surface area contributed by atoms with Gasteiger partial charge in [0.15, 0.2) is 6.61 Å². The van der Waals surface area contributed by atoms with Gasteiger partial charge in [0, 0.05) is 13.1 Å². The Labute approximate surface area is 168 Å². The van der Waals surface area contributed by atoms with E-state index >= 15 is 0 Å². The number of aryl methyl sites for hydroxylation is 1. The summed E-state index contributed by atoms with van der Waals surface area (Å²) < 4.78 is 19.7. The van der Waals surface area contributed by atoms with Gasteiger partial charge >= 0.3 is 5.97 Å². The highest BCUT2D eigenvalue weighted by Crippen LogP contribution is 2.25. The summed E-state index contributed by atoms with van der Waals surface area (Å²) in [4.78, 5) is 26.5. The number of esters is 1. The first-order valence-electron chi connectivity index (χ1n) is 9.32. The zero-order chi connectivity index (χ0) is 20.3. The second kappa shape index (κ2) is 8.73. The third-order valence-electron chi connectivity index (χ3n) is 5.12. The van der Waals surface area contributed by atoms with Crippen molar-refractivity contribution < 1.29 is 18.7 Å². The van der Waals surface area contributed by atoms with Crippen LogP contribution in [0.4, 0.5) is 4.39 Å². The molecule has 3 rings (SSSR count). The Hall–Kier alpha value is -2.41. The SMILES string of the molecule is Cc1nn(-c2ccc(F)cc2)c(Cl)c1C(=O)OCC(=O)N(C)C1CCCCC1. The predicted octanol–water partition coefficient (Wildman–Crippen LogP) is 3.92. The maximum atomic E-state index is 13.1. The van der Waals surface area contributed by atoms with E-state index in [2.05, 4.69) is 5.10 Å². The molecule has 1 amide bonds. The Morgan fingerprint density at radius 2 is 1.89 bits per heavy atom. The highest BCUT2D eigenvalue weighted by Gasteiger charge is 2.26. The third-order valence-corrected chi connectivity index (χ3v) is 5.47. The van der Waals surface area contributed by atoms with Gasteiger partial charge in [0.25, 0.3) is 5.91 Å².